The number of likely N-dealkylation sites (tertiary alicyclic amines) is 1. The van der Waals surface area contributed by atoms with E-state index in [-0.39, 0.29) is 0 Å². The molecule has 2 rings (SSSR count). The molecular formula is C10H19N. The molecule has 64 valence electrons. The van der Waals surface area contributed by atoms with Crippen LogP contribution in [-0.2, 0) is 0 Å². The summed E-state index contributed by atoms with van der Waals surface area (Å²) in [7, 11) is 2.25. The van der Waals surface area contributed by atoms with E-state index in [1.807, 2.05) is 0 Å². The van der Waals surface area contributed by atoms with Gasteiger partial charge in [-0.05, 0) is 51.2 Å². The monoisotopic (exact) mass is 153 g/mol. The van der Waals surface area contributed by atoms with E-state index in [1.165, 1.54) is 51.6 Å². The molecule has 2 fully saturated rings. The van der Waals surface area contributed by atoms with E-state index in [1.54, 1.807) is 0 Å². The summed E-state index contributed by atoms with van der Waals surface area (Å²) in [4.78, 5) is 2.48. The number of hydrogen-bond acceptors (Lipinski definition) is 1. The summed E-state index contributed by atoms with van der Waals surface area (Å²) in [6, 6.07) is 0. The molecule has 0 N–H and O–H groups in total. The molecule has 0 amide bonds. The second-order valence-corrected chi connectivity index (χ2v) is 4.51. The van der Waals surface area contributed by atoms with Crippen molar-refractivity contribution in [3.8, 4) is 0 Å². The van der Waals surface area contributed by atoms with Gasteiger partial charge in [0, 0.05) is 0 Å². The lowest BCUT2D eigenvalue weighted by atomic mass is 9.77. The van der Waals surface area contributed by atoms with Crippen LogP contribution in [0.25, 0.3) is 0 Å². The smallest absolute Gasteiger partial charge is 0.00165 e. The molecule has 0 unspecified atom stereocenters. The first kappa shape index (κ1) is 7.60. The van der Waals surface area contributed by atoms with Crippen molar-refractivity contribution < 1.29 is 0 Å². The van der Waals surface area contributed by atoms with E-state index >= 15 is 0 Å². The SMILES string of the molecule is CN1CCC2(CCCC2)CC1. The minimum absolute atomic E-state index is 0.812. The van der Waals surface area contributed by atoms with Crippen molar-refractivity contribution in [1.29, 1.82) is 0 Å². The van der Waals surface area contributed by atoms with Crippen LogP contribution in [-0.4, -0.2) is 25.0 Å². The van der Waals surface area contributed by atoms with Gasteiger partial charge in [-0.25, -0.2) is 0 Å². The van der Waals surface area contributed by atoms with Crippen LogP contribution in [0.2, 0.25) is 0 Å². The van der Waals surface area contributed by atoms with Crippen molar-refractivity contribution in [3.05, 3.63) is 0 Å². The Hall–Kier alpha value is -0.0400. The maximum absolute atomic E-state index is 2.48. The van der Waals surface area contributed by atoms with Gasteiger partial charge in [0.05, 0.1) is 0 Å². The summed E-state index contributed by atoms with van der Waals surface area (Å²) in [5, 5.41) is 0. The fraction of sp³-hybridized carbons (Fsp3) is 1.00. The Kier molecular flexibility index (Phi) is 1.92. The molecule has 0 aromatic heterocycles. The van der Waals surface area contributed by atoms with Gasteiger partial charge < -0.3 is 4.90 Å². The molecule has 0 bridgehead atoms. The van der Waals surface area contributed by atoms with Crippen molar-refractivity contribution in [1.82, 2.24) is 4.90 Å². The summed E-state index contributed by atoms with van der Waals surface area (Å²) in [6.07, 6.45) is 9.02. The summed E-state index contributed by atoms with van der Waals surface area (Å²) >= 11 is 0. The minimum atomic E-state index is 0.812. The second-order valence-electron chi connectivity index (χ2n) is 4.51. The Morgan fingerprint density at radius 1 is 0.909 bits per heavy atom. The third-order valence-corrected chi connectivity index (χ3v) is 3.71. The lowest BCUT2D eigenvalue weighted by Crippen LogP contribution is -2.36. The summed E-state index contributed by atoms with van der Waals surface area (Å²) in [5.74, 6) is 0. The minimum Gasteiger partial charge on any atom is -0.306 e. The van der Waals surface area contributed by atoms with Crippen LogP contribution in [0.3, 0.4) is 0 Å². The summed E-state index contributed by atoms with van der Waals surface area (Å²) in [5.41, 5.74) is 0.812. The van der Waals surface area contributed by atoms with Gasteiger partial charge in [-0.2, -0.15) is 0 Å². The van der Waals surface area contributed by atoms with Crippen LogP contribution in [0.4, 0.5) is 0 Å². The van der Waals surface area contributed by atoms with E-state index in [0.29, 0.717) is 0 Å². The highest BCUT2D eigenvalue weighted by Gasteiger charge is 2.35. The van der Waals surface area contributed by atoms with E-state index in [9.17, 15) is 0 Å². The van der Waals surface area contributed by atoms with E-state index < -0.39 is 0 Å². The maximum Gasteiger partial charge on any atom is -0.00165 e. The predicted molar refractivity (Wildman–Crippen MR) is 47.6 cm³/mol. The number of rotatable bonds is 0. The molecule has 0 aromatic rings. The molecule has 1 heteroatoms. The topological polar surface area (TPSA) is 3.24 Å². The van der Waals surface area contributed by atoms with Crippen molar-refractivity contribution in [3.63, 3.8) is 0 Å². The van der Waals surface area contributed by atoms with Crippen LogP contribution >= 0.6 is 0 Å². The standard InChI is InChI=1S/C10H19N/c1-11-8-6-10(7-9-11)4-2-3-5-10/h2-9H2,1H3. The number of nitrogens with zero attached hydrogens (tertiary/aromatic N) is 1. The van der Waals surface area contributed by atoms with Crippen LogP contribution in [0.1, 0.15) is 38.5 Å². The molecule has 1 aliphatic heterocycles. The van der Waals surface area contributed by atoms with E-state index in [2.05, 4.69) is 11.9 Å². The Bertz CT molecular complexity index is 126. The molecule has 1 saturated carbocycles. The largest absolute Gasteiger partial charge is 0.306 e. The number of hydrogen-bond donors (Lipinski definition) is 0. The first-order valence-corrected chi connectivity index (χ1v) is 4.99. The summed E-state index contributed by atoms with van der Waals surface area (Å²) < 4.78 is 0. The van der Waals surface area contributed by atoms with Gasteiger partial charge in [0.25, 0.3) is 0 Å². The Morgan fingerprint density at radius 2 is 1.45 bits per heavy atom. The zero-order valence-corrected chi connectivity index (χ0v) is 7.60. The molecule has 1 saturated heterocycles. The molecule has 0 aromatic carbocycles. The van der Waals surface area contributed by atoms with Crippen molar-refractivity contribution in [2.24, 2.45) is 5.41 Å². The molecule has 1 heterocycles. The Morgan fingerprint density at radius 3 is 2.00 bits per heavy atom. The van der Waals surface area contributed by atoms with Crippen LogP contribution in [0.5, 0.6) is 0 Å². The van der Waals surface area contributed by atoms with Crippen LogP contribution in [0.15, 0.2) is 0 Å². The Balaban J connectivity index is 1.94. The molecule has 1 aliphatic carbocycles. The highest BCUT2D eigenvalue weighted by molar-refractivity contribution is 4.88. The quantitative estimate of drug-likeness (QED) is 0.516. The molecule has 1 spiro atoms. The van der Waals surface area contributed by atoms with Crippen LogP contribution < -0.4 is 0 Å². The van der Waals surface area contributed by atoms with Gasteiger partial charge in [-0.1, -0.05) is 12.8 Å². The lowest BCUT2D eigenvalue weighted by molar-refractivity contribution is 0.128. The molecule has 2 aliphatic rings. The van der Waals surface area contributed by atoms with Gasteiger partial charge in [0.15, 0.2) is 0 Å². The molecular weight excluding hydrogens is 134 g/mol. The number of piperidine rings is 1. The molecule has 11 heavy (non-hydrogen) atoms. The average molecular weight is 153 g/mol. The highest BCUT2D eigenvalue weighted by Crippen LogP contribution is 2.45. The van der Waals surface area contributed by atoms with Crippen molar-refractivity contribution in [2.75, 3.05) is 20.1 Å². The first-order valence-electron chi connectivity index (χ1n) is 4.99. The fourth-order valence-electron chi connectivity index (χ4n) is 2.72. The maximum atomic E-state index is 2.48. The zero-order chi connectivity index (χ0) is 7.73. The van der Waals surface area contributed by atoms with E-state index in [0.717, 1.165) is 5.41 Å². The average Bonchev–Trinajstić information content (AvgIpc) is 2.45. The van der Waals surface area contributed by atoms with E-state index in [4.69, 9.17) is 0 Å². The van der Waals surface area contributed by atoms with Gasteiger partial charge in [-0.3, -0.25) is 0 Å². The normalized spacial score (nSPS) is 31.4. The van der Waals surface area contributed by atoms with Gasteiger partial charge in [0.1, 0.15) is 0 Å². The van der Waals surface area contributed by atoms with Crippen LogP contribution in [0, 0.1) is 5.41 Å². The third kappa shape index (κ3) is 1.44. The first-order chi connectivity index (χ1) is 5.31. The molecule has 0 atom stereocenters. The summed E-state index contributed by atoms with van der Waals surface area (Å²) in [6.45, 7) is 2.69. The third-order valence-electron chi connectivity index (χ3n) is 3.71. The molecule has 0 radical (unpaired) electrons. The predicted octanol–water partition coefficient (Wildman–Crippen LogP) is 2.27. The highest BCUT2D eigenvalue weighted by atomic mass is 15.1. The van der Waals surface area contributed by atoms with Crippen molar-refractivity contribution in [2.45, 2.75) is 38.5 Å². The van der Waals surface area contributed by atoms with Gasteiger partial charge in [0.2, 0.25) is 0 Å². The van der Waals surface area contributed by atoms with Gasteiger partial charge >= 0.3 is 0 Å². The molecule has 1 nitrogen and oxygen atoms in total. The zero-order valence-electron chi connectivity index (χ0n) is 7.60. The van der Waals surface area contributed by atoms with Crippen molar-refractivity contribution >= 4 is 0 Å². The Labute approximate surface area is 69.8 Å². The van der Waals surface area contributed by atoms with Gasteiger partial charge in [-0.15, -0.1) is 0 Å². The second kappa shape index (κ2) is 2.78. The lowest BCUT2D eigenvalue weighted by Gasteiger charge is -2.37. The fourth-order valence-corrected chi connectivity index (χ4v) is 2.72.